The zero-order valence-electron chi connectivity index (χ0n) is 11.5. The number of carbonyl (C=O) groups is 1. The molecule has 0 saturated carbocycles. The molecular formula is C14H21NO4. The van der Waals surface area contributed by atoms with Crippen LogP contribution in [0.1, 0.15) is 41.6 Å². The van der Waals surface area contributed by atoms with E-state index in [1.54, 1.807) is 13.0 Å². The summed E-state index contributed by atoms with van der Waals surface area (Å²) in [6, 6.07) is 1.62. The van der Waals surface area contributed by atoms with Gasteiger partial charge in [0, 0.05) is 13.2 Å². The summed E-state index contributed by atoms with van der Waals surface area (Å²) in [5, 5.41) is 9.01. The molecule has 1 aromatic rings. The second kappa shape index (κ2) is 6.21. The van der Waals surface area contributed by atoms with Crippen LogP contribution >= 0.6 is 0 Å². The third-order valence-corrected chi connectivity index (χ3v) is 3.51. The number of likely N-dealkylation sites (N-methyl/N-ethyl adjacent to an activating group) is 1. The summed E-state index contributed by atoms with van der Waals surface area (Å²) in [4.78, 5) is 13.2. The molecule has 1 atom stereocenters. The molecule has 0 aromatic carbocycles. The van der Waals surface area contributed by atoms with E-state index < -0.39 is 5.97 Å². The van der Waals surface area contributed by atoms with Crippen LogP contribution in [-0.4, -0.2) is 41.8 Å². The first kappa shape index (κ1) is 14.1. The summed E-state index contributed by atoms with van der Waals surface area (Å²) in [5.41, 5.74) is 0.253. The summed E-state index contributed by atoms with van der Waals surface area (Å²) in [6.45, 7) is 7.02. The highest BCUT2D eigenvalue weighted by molar-refractivity contribution is 5.88. The Balaban J connectivity index is 1.97. The van der Waals surface area contributed by atoms with Crippen molar-refractivity contribution in [1.29, 1.82) is 0 Å². The molecule has 5 nitrogen and oxygen atoms in total. The zero-order chi connectivity index (χ0) is 13.8. The quantitative estimate of drug-likeness (QED) is 0.856. The van der Waals surface area contributed by atoms with E-state index in [9.17, 15) is 4.79 Å². The first-order valence-corrected chi connectivity index (χ1v) is 6.76. The molecule has 1 aliphatic heterocycles. The number of ether oxygens (including phenoxy) is 1. The van der Waals surface area contributed by atoms with E-state index >= 15 is 0 Å². The van der Waals surface area contributed by atoms with Crippen LogP contribution in [0, 0.1) is 6.92 Å². The Hall–Kier alpha value is -1.33. The summed E-state index contributed by atoms with van der Waals surface area (Å²) in [5.74, 6) is 0.236. The molecule has 0 spiro atoms. The lowest BCUT2D eigenvalue weighted by atomic mass is 10.2. The molecule has 0 aliphatic carbocycles. The molecular weight excluding hydrogens is 246 g/mol. The lowest BCUT2D eigenvalue weighted by Crippen LogP contribution is -2.31. The van der Waals surface area contributed by atoms with Crippen molar-refractivity contribution in [3.05, 3.63) is 23.2 Å². The molecule has 1 aromatic heterocycles. The molecule has 0 radical (unpaired) electrons. The van der Waals surface area contributed by atoms with Crippen molar-refractivity contribution in [3.8, 4) is 0 Å². The number of carboxylic acid groups (broad SMARTS) is 1. The molecule has 0 amide bonds. The Morgan fingerprint density at radius 3 is 2.89 bits per heavy atom. The molecule has 1 unspecified atom stereocenters. The highest BCUT2D eigenvalue weighted by atomic mass is 16.5. The number of nitrogens with zero attached hydrogens (tertiary/aromatic N) is 1. The van der Waals surface area contributed by atoms with Crippen LogP contribution in [-0.2, 0) is 11.3 Å². The molecule has 1 aliphatic rings. The van der Waals surface area contributed by atoms with E-state index in [2.05, 4.69) is 11.8 Å². The number of rotatable bonds is 6. The highest BCUT2D eigenvalue weighted by Gasteiger charge is 2.20. The van der Waals surface area contributed by atoms with E-state index in [1.165, 1.54) is 0 Å². The smallest absolute Gasteiger partial charge is 0.339 e. The van der Waals surface area contributed by atoms with Crippen molar-refractivity contribution in [2.75, 3.05) is 19.7 Å². The van der Waals surface area contributed by atoms with Gasteiger partial charge >= 0.3 is 5.97 Å². The highest BCUT2D eigenvalue weighted by Crippen LogP contribution is 2.18. The fraction of sp³-hybridized carbons (Fsp3) is 0.643. The van der Waals surface area contributed by atoms with E-state index in [1.807, 2.05) is 0 Å². The Labute approximate surface area is 113 Å². The van der Waals surface area contributed by atoms with Gasteiger partial charge < -0.3 is 14.3 Å². The third kappa shape index (κ3) is 3.58. The molecule has 1 N–H and O–H groups in total. The molecule has 1 saturated heterocycles. The van der Waals surface area contributed by atoms with E-state index in [-0.39, 0.29) is 5.56 Å². The van der Waals surface area contributed by atoms with Gasteiger partial charge in [-0.2, -0.15) is 0 Å². The van der Waals surface area contributed by atoms with Gasteiger partial charge in [-0.05, 0) is 32.4 Å². The van der Waals surface area contributed by atoms with Gasteiger partial charge in [0.2, 0.25) is 0 Å². The van der Waals surface area contributed by atoms with Gasteiger partial charge in [0.25, 0.3) is 0 Å². The number of hydrogen-bond acceptors (Lipinski definition) is 4. The Bertz CT molecular complexity index is 435. The van der Waals surface area contributed by atoms with Crippen molar-refractivity contribution in [2.24, 2.45) is 0 Å². The molecule has 106 valence electrons. The lowest BCUT2D eigenvalue weighted by molar-refractivity contribution is 0.0694. The van der Waals surface area contributed by atoms with Crippen molar-refractivity contribution < 1.29 is 19.1 Å². The average Bonchev–Trinajstić information content (AvgIpc) is 2.98. The van der Waals surface area contributed by atoms with Crippen LogP contribution in [0.4, 0.5) is 0 Å². The fourth-order valence-corrected chi connectivity index (χ4v) is 2.44. The van der Waals surface area contributed by atoms with Gasteiger partial charge in [0.05, 0.1) is 12.6 Å². The van der Waals surface area contributed by atoms with Gasteiger partial charge in [0.1, 0.15) is 17.1 Å². The topological polar surface area (TPSA) is 62.9 Å². The van der Waals surface area contributed by atoms with Crippen LogP contribution in [0.2, 0.25) is 0 Å². The maximum absolute atomic E-state index is 11.0. The second-order valence-corrected chi connectivity index (χ2v) is 4.95. The van der Waals surface area contributed by atoms with Crippen molar-refractivity contribution in [3.63, 3.8) is 0 Å². The number of aromatic carboxylic acids is 1. The first-order chi connectivity index (χ1) is 9.10. The number of furan rings is 1. The maximum Gasteiger partial charge on any atom is 0.339 e. The standard InChI is InChI=1S/C14H21NO4/c1-3-15(8-11-5-4-6-18-11)9-12-7-13(14(16)17)10(2)19-12/h7,11H,3-6,8-9H2,1-2H3,(H,16,17). The normalized spacial score (nSPS) is 19.2. The Kier molecular flexibility index (Phi) is 4.61. The minimum atomic E-state index is -0.935. The fourth-order valence-electron chi connectivity index (χ4n) is 2.44. The minimum absolute atomic E-state index is 0.253. The SMILES string of the molecule is CCN(Cc1cc(C(=O)O)c(C)o1)CC1CCCO1. The molecule has 2 rings (SSSR count). The molecule has 19 heavy (non-hydrogen) atoms. The summed E-state index contributed by atoms with van der Waals surface area (Å²) >= 11 is 0. The van der Waals surface area contributed by atoms with E-state index in [0.717, 1.165) is 32.5 Å². The van der Waals surface area contributed by atoms with Gasteiger partial charge in [0.15, 0.2) is 0 Å². The van der Waals surface area contributed by atoms with Crippen LogP contribution in [0.25, 0.3) is 0 Å². The summed E-state index contributed by atoms with van der Waals surface area (Å²) in [6.07, 6.45) is 2.54. The predicted octanol–water partition coefficient (Wildman–Crippen LogP) is 2.29. The molecule has 1 fully saturated rings. The average molecular weight is 267 g/mol. The Morgan fingerprint density at radius 1 is 1.58 bits per heavy atom. The van der Waals surface area contributed by atoms with Crippen LogP contribution in [0.3, 0.4) is 0 Å². The van der Waals surface area contributed by atoms with Crippen molar-refractivity contribution >= 4 is 5.97 Å². The van der Waals surface area contributed by atoms with Crippen LogP contribution < -0.4 is 0 Å². The largest absolute Gasteiger partial charge is 0.478 e. The van der Waals surface area contributed by atoms with Gasteiger partial charge in [-0.1, -0.05) is 6.92 Å². The van der Waals surface area contributed by atoms with Gasteiger partial charge in [-0.3, -0.25) is 4.90 Å². The number of carboxylic acids is 1. The minimum Gasteiger partial charge on any atom is -0.478 e. The molecule has 5 heteroatoms. The lowest BCUT2D eigenvalue weighted by Gasteiger charge is -2.22. The monoisotopic (exact) mass is 267 g/mol. The van der Waals surface area contributed by atoms with Crippen LogP contribution in [0.15, 0.2) is 10.5 Å². The van der Waals surface area contributed by atoms with E-state index in [0.29, 0.717) is 24.2 Å². The van der Waals surface area contributed by atoms with Crippen molar-refractivity contribution in [1.82, 2.24) is 4.90 Å². The summed E-state index contributed by atoms with van der Waals surface area (Å²) < 4.78 is 11.1. The Morgan fingerprint density at radius 2 is 2.37 bits per heavy atom. The van der Waals surface area contributed by atoms with E-state index in [4.69, 9.17) is 14.3 Å². The third-order valence-electron chi connectivity index (χ3n) is 3.51. The predicted molar refractivity (Wildman–Crippen MR) is 70.3 cm³/mol. The summed E-state index contributed by atoms with van der Waals surface area (Å²) in [7, 11) is 0. The molecule has 2 heterocycles. The first-order valence-electron chi connectivity index (χ1n) is 6.76. The number of hydrogen-bond donors (Lipinski definition) is 1. The molecule has 0 bridgehead atoms. The van der Waals surface area contributed by atoms with Crippen molar-refractivity contribution in [2.45, 2.75) is 39.3 Å². The van der Waals surface area contributed by atoms with Gasteiger partial charge in [-0.25, -0.2) is 4.79 Å². The number of aryl methyl sites for hydroxylation is 1. The zero-order valence-corrected chi connectivity index (χ0v) is 11.5. The van der Waals surface area contributed by atoms with Crippen LogP contribution in [0.5, 0.6) is 0 Å². The second-order valence-electron chi connectivity index (χ2n) is 4.95. The maximum atomic E-state index is 11.0. The van der Waals surface area contributed by atoms with Gasteiger partial charge in [-0.15, -0.1) is 0 Å².